The second-order valence-corrected chi connectivity index (χ2v) is 11.2. The van der Waals surface area contributed by atoms with E-state index in [-0.39, 0.29) is 17.9 Å². The van der Waals surface area contributed by atoms with Gasteiger partial charge < -0.3 is 29.7 Å². The molecule has 3 aliphatic rings. The molecule has 2 N–H and O–H groups in total. The standard InChI is InChI=1S/C31H31N3O6/c1-30(2,3)40-29(37)33-25(28(36)34-17-16-22-26(34)27(35)32-22)19-14-15-23-24(18-19)39-31(38-23,20-10-6-4-7-11-20)21-12-8-5-9-13-21/h4-15,18,22,25-26H,16-17H2,1-3H3,(H,32,35)(H,33,37)/t22-,25?,26+/m1/s1. The highest BCUT2D eigenvalue weighted by atomic mass is 16.7. The number of rotatable bonds is 5. The molecule has 9 nitrogen and oxygen atoms in total. The summed E-state index contributed by atoms with van der Waals surface area (Å²) in [6.45, 7) is 5.66. The molecule has 3 aliphatic heterocycles. The Balaban J connectivity index is 1.35. The molecule has 1 unspecified atom stereocenters. The van der Waals surface area contributed by atoms with Gasteiger partial charge in [0.15, 0.2) is 11.5 Å². The first-order valence-electron chi connectivity index (χ1n) is 13.4. The van der Waals surface area contributed by atoms with Crippen LogP contribution in [0.5, 0.6) is 11.5 Å². The molecule has 9 heteroatoms. The van der Waals surface area contributed by atoms with Crippen molar-refractivity contribution in [1.29, 1.82) is 0 Å². The Morgan fingerprint density at radius 1 is 0.975 bits per heavy atom. The number of fused-ring (bicyclic) bond motifs is 2. The number of ether oxygens (including phenoxy) is 3. The lowest BCUT2D eigenvalue weighted by molar-refractivity contribution is -0.145. The van der Waals surface area contributed by atoms with Gasteiger partial charge in [0.1, 0.15) is 17.7 Å². The lowest BCUT2D eigenvalue weighted by atomic mass is 9.97. The summed E-state index contributed by atoms with van der Waals surface area (Å²) in [4.78, 5) is 40.5. The van der Waals surface area contributed by atoms with Crippen molar-refractivity contribution in [2.75, 3.05) is 6.54 Å². The zero-order valence-electron chi connectivity index (χ0n) is 22.5. The summed E-state index contributed by atoms with van der Waals surface area (Å²) in [5.41, 5.74) is 1.33. The van der Waals surface area contributed by atoms with Crippen LogP contribution in [0.4, 0.5) is 4.79 Å². The van der Waals surface area contributed by atoms with E-state index < -0.39 is 29.6 Å². The average Bonchev–Trinajstić information content (AvgIpc) is 3.49. The van der Waals surface area contributed by atoms with Gasteiger partial charge in [-0.15, -0.1) is 0 Å². The Hall–Kier alpha value is -4.53. The van der Waals surface area contributed by atoms with Gasteiger partial charge in [-0.3, -0.25) is 9.59 Å². The predicted molar refractivity (Wildman–Crippen MR) is 146 cm³/mol. The summed E-state index contributed by atoms with van der Waals surface area (Å²) in [6, 6.07) is 22.7. The molecule has 3 amide bonds. The van der Waals surface area contributed by atoms with E-state index in [1.807, 2.05) is 60.7 Å². The third-order valence-corrected chi connectivity index (χ3v) is 7.30. The molecule has 40 heavy (non-hydrogen) atoms. The van der Waals surface area contributed by atoms with Crippen molar-refractivity contribution in [3.05, 3.63) is 95.6 Å². The number of nitrogens with zero attached hydrogens (tertiary/aromatic N) is 1. The van der Waals surface area contributed by atoms with E-state index in [9.17, 15) is 14.4 Å². The molecule has 0 saturated carbocycles. The normalized spacial score (nSPS) is 21.1. The number of carbonyl (C=O) groups excluding carboxylic acids is 3. The first-order chi connectivity index (χ1) is 19.1. The molecule has 2 fully saturated rings. The predicted octanol–water partition coefficient (Wildman–Crippen LogP) is 4.02. The van der Waals surface area contributed by atoms with Gasteiger partial charge in [-0.25, -0.2) is 4.79 Å². The van der Waals surface area contributed by atoms with Gasteiger partial charge in [-0.05, 0) is 44.9 Å². The average molecular weight is 542 g/mol. The third kappa shape index (κ3) is 4.51. The highest BCUT2D eigenvalue weighted by Crippen LogP contribution is 2.48. The SMILES string of the molecule is CC(C)(C)OC(=O)NC(C(=O)N1CC[C@H]2NC(=O)[C@H]21)c1ccc2c(c1)OC(c1ccccc1)(c1ccccc1)O2. The van der Waals surface area contributed by atoms with Gasteiger partial charge in [0.25, 0.3) is 5.91 Å². The van der Waals surface area contributed by atoms with Crippen molar-refractivity contribution in [3.63, 3.8) is 0 Å². The molecule has 0 radical (unpaired) electrons. The molecule has 0 bridgehead atoms. The van der Waals surface area contributed by atoms with Gasteiger partial charge in [0.2, 0.25) is 5.91 Å². The van der Waals surface area contributed by atoms with Crippen LogP contribution in [0.25, 0.3) is 0 Å². The zero-order valence-corrected chi connectivity index (χ0v) is 22.5. The van der Waals surface area contributed by atoms with Crippen molar-refractivity contribution in [1.82, 2.24) is 15.5 Å². The lowest BCUT2D eigenvalue weighted by Gasteiger charge is -2.37. The minimum Gasteiger partial charge on any atom is -0.444 e. The van der Waals surface area contributed by atoms with Gasteiger partial charge in [0.05, 0.1) is 6.04 Å². The van der Waals surface area contributed by atoms with Crippen molar-refractivity contribution < 1.29 is 28.6 Å². The lowest BCUT2D eigenvalue weighted by Crippen LogP contribution is -2.65. The number of hydrogen-bond acceptors (Lipinski definition) is 6. The maximum atomic E-state index is 13.9. The van der Waals surface area contributed by atoms with Crippen LogP contribution in [0, 0.1) is 0 Å². The van der Waals surface area contributed by atoms with E-state index in [1.54, 1.807) is 39.0 Å². The molecular formula is C31H31N3O6. The first-order valence-corrected chi connectivity index (χ1v) is 13.4. The molecule has 206 valence electrons. The van der Waals surface area contributed by atoms with E-state index >= 15 is 0 Å². The minimum atomic E-state index is -1.23. The summed E-state index contributed by atoms with van der Waals surface area (Å²) in [5.74, 6) is -0.875. The summed E-state index contributed by atoms with van der Waals surface area (Å²) in [7, 11) is 0. The molecule has 3 heterocycles. The molecule has 3 aromatic rings. The highest BCUT2D eigenvalue weighted by molar-refractivity contribution is 5.96. The maximum Gasteiger partial charge on any atom is 0.408 e. The van der Waals surface area contributed by atoms with Crippen LogP contribution in [-0.2, 0) is 20.1 Å². The van der Waals surface area contributed by atoms with Gasteiger partial charge in [-0.1, -0.05) is 66.7 Å². The molecular weight excluding hydrogens is 510 g/mol. The fourth-order valence-corrected chi connectivity index (χ4v) is 5.48. The van der Waals surface area contributed by atoms with Crippen molar-refractivity contribution in [3.8, 4) is 11.5 Å². The Morgan fingerprint density at radius 3 is 2.20 bits per heavy atom. The van der Waals surface area contributed by atoms with Gasteiger partial charge in [-0.2, -0.15) is 0 Å². The number of amides is 3. The Labute approximate surface area is 232 Å². The number of alkyl carbamates (subject to hydrolysis) is 1. The van der Waals surface area contributed by atoms with Crippen molar-refractivity contribution in [2.24, 2.45) is 0 Å². The fourth-order valence-electron chi connectivity index (χ4n) is 5.48. The second-order valence-electron chi connectivity index (χ2n) is 11.2. The topological polar surface area (TPSA) is 106 Å². The van der Waals surface area contributed by atoms with Crippen molar-refractivity contribution >= 4 is 17.9 Å². The number of β-lactam (4-membered cyclic amide) rings is 1. The van der Waals surface area contributed by atoms with E-state index in [2.05, 4.69) is 10.6 Å². The number of likely N-dealkylation sites (tertiary alicyclic amines) is 1. The van der Waals surface area contributed by atoms with E-state index in [4.69, 9.17) is 14.2 Å². The first kappa shape index (κ1) is 25.7. The van der Waals surface area contributed by atoms with Crippen LogP contribution in [-0.4, -0.2) is 47.0 Å². The largest absolute Gasteiger partial charge is 0.444 e. The Morgan fingerprint density at radius 2 is 1.60 bits per heavy atom. The fraction of sp³-hybridized carbons (Fsp3) is 0.323. The smallest absolute Gasteiger partial charge is 0.408 e. The highest BCUT2D eigenvalue weighted by Gasteiger charge is 2.51. The molecule has 0 aliphatic carbocycles. The van der Waals surface area contributed by atoms with Crippen LogP contribution < -0.4 is 20.1 Å². The Bertz CT molecular complexity index is 1410. The molecule has 0 aromatic heterocycles. The summed E-state index contributed by atoms with van der Waals surface area (Å²) in [6.07, 6.45) is -0.0701. The van der Waals surface area contributed by atoms with Crippen molar-refractivity contribution in [2.45, 2.75) is 56.7 Å². The molecule has 3 atom stereocenters. The molecule has 2 saturated heterocycles. The summed E-state index contributed by atoms with van der Waals surface area (Å²) in [5, 5.41) is 5.57. The van der Waals surface area contributed by atoms with Gasteiger partial charge >= 0.3 is 11.9 Å². The summed E-state index contributed by atoms with van der Waals surface area (Å²) < 4.78 is 18.5. The molecule has 0 spiro atoms. The van der Waals surface area contributed by atoms with E-state index in [1.165, 1.54) is 4.90 Å². The van der Waals surface area contributed by atoms with E-state index in [0.717, 1.165) is 11.1 Å². The van der Waals surface area contributed by atoms with Crippen LogP contribution in [0.3, 0.4) is 0 Å². The number of hydrogen-bond donors (Lipinski definition) is 2. The number of benzene rings is 3. The number of carbonyl (C=O) groups is 3. The zero-order chi connectivity index (χ0) is 28.1. The summed E-state index contributed by atoms with van der Waals surface area (Å²) >= 11 is 0. The number of nitrogens with one attached hydrogen (secondary N) is 2. The minimum absolute atomic E-state index is 0.0623. The second kappa shape index (κ2) is 9.59. The Kier molecular flexibility index (Phi) is 6.17. The van der Waals surface area contributed by atoms with Gasteiger partial charge in [0, 0.05) is 17.7 Å². The van der Waals surface area contributed by atoms with Crippen LogP contribution in [0.1, 0.15) is 49.9 Å². The van der Waals surface area contributed by atoms with Crippen LogP contribution >= 0.6 is 0 Å². The van der Waals surface area contributed by atoms with Crippen LogP contribution in [0.15, 0.2) is 78.9 Å². The quantitative estimate of drug-likeness (QED) is 0.473. The molecule has 3 aromatic carbocycles. The maximum absolute atomic E-state index is 13.9. The van der Waals surface area contributed by atoms with Crippen LogP contribution in [0.2, 0.25) is 0 Å². The molecule has 6 rings (SSSR count). The third-order valence-electron chi connectivity index (χ3n) is 7.30. The monoisotopic (exact) mass is 541 g/mol. The van der Waals surface area contributed by atoms with E-state index in [0.29, 0.717) is 30.0 Å².